The molecule has 0 saturated carbocycles. The molecule has 1 N–H and O–H groups in total. The summed E-state index contributed by atoms with van der Waals surface area (Å²) in [6, 6.07) is 6.98. The predicted molar refractivity (Wildman–Crippen MR) is 56.8 cm³/mol. The van der Waals surface area contributed by atoms with Crippen molar-refractivity contribution in [2.24, 2.45) is 0 Å². The van der Waals surface area contributed by atoms with Gasteiger partial charge in [0.25, 0.3) is 0 Å². The molecule has 0 aromatic carbocycles. The predicted octanol–water partition coefficient (Wildman–Crippen LogP) is 3.24. The van der Waals surface area contributed by atoms with Gasteiger partial charge in [-0.1, -0.05) is 6.07 Å². The van der Waals surface area contributed by atoms with Crippen molar-refractivity contribution in [1.82, 2.24) is 9.97 Å². The molecule has 0 bridgehead atoms. The highest BCUT2D eigenvalue weighted by Gasteiger charge is 2.32. The molecule has 0 aliphatic carbocycles. The van der Waals surface area contributed by atoms with E-state index in [1.165, 1.54) is 24.5 Å². The van der Waals surface area contributed by atoms with Gasteiger partial charge in [0.2, 0.25) is 0 Å². The Balaban J connectivity index is 2.23. The quantitative estimate of drug-likeness (QED) is 0.874. The van der Waals surface area contributed by atoms with E-state index in [9.17, 15) is 13.2 Å². The van der Waals surface area contributed by atoms with E-state index in [2.05, 4.69) is 15.3 Å². The van der Waals surface area contributed by atoms with Crippen LogP contribution in [0.3, 0.4) is 0 Å². The van der Waals surface area contributed by atoms with Gasteiger partial charge in [-0.05, 0) is 24.3 Å². The van der Waals surface area contributed by atoms with E-state index in [4.69, 9.17) is 0 Å². The van der Waals surface area contributed by atoms with Gasteiger partial charge in [-0.15, -0.1) is 0 Å². The number of hydrogen-bond acceptors (Lipinski definition) is 3. The molecule has 0 aliphatic rings. The van der Waals surface area contributed by atoms with Gasteiger partial charge in [-0.3, -0.25) is 4.98 Å². The first-order chi connectivity index (χ1) is 8.05. The zero-order chi connectivity index (χ0) is 12.3. The molecule has 0 unspecified atom stereocenters. The van der Waals surface area contributed by atoms with E-state index >= 15 is 0 Å². The van der Waals surface area contributed by atoms with Crippen LogP contribution in [0.4, 0.5) is 24.7 Å². The Bertz CT molecular complexity index is 497. The van der Waals surface area contributed by atoms with Gasteiger partial charge in [0, 0.05) is 18.1 Å². The molecule has 0 amide bonds. The maximum absolute atomic E-state index is 12.4. The minimum absolute atomic E-state index is 0.144. The molecule has 2 aromatic heterocycles. The maximum atomic E-state index is 12.4. The molecule has 0 saturated heterocycles. The van der Waals surface area contributed by atoms with Crippen molar-refractivity contribution in [3.63, 3.8) is 0 Å². The number of nitrogens with one attached hydrogen (secondary N) is 1. The van der Waals surface area contributed by atoms with Crippen molar-refractivity contribution in [2.75, 3.05) is 5.32 Å². The number of aromatic nitrogens is 2. The average molecular weight is 239 g/mol. The summed E-state index contributed by atoms with van der Waals surface area (Å²) in [6.07, 6.45) is -1.36. The zero-order valence-corrected chi connectivity index (χ0v) is 8.57. The van der Waals surface area contributed by atoms with Crippen LogP contribution in [0.5, 0.6) is 0 Å². The van der Waals surface area contributed by atoms with Crippen molar-refractivity contribution in [2.45, 2.75) is 6.18 Å². The van der Waals surface area contributed by atoms with Gasteiger partial charge < -0.3 is 5.32 Å². The van der Waals surface area contributed by atoms with E-state index in [1.54, 1.807) is 12.1 Å². The lowest BCUT2D eigenvalue weighted by atomic mass is 10.3. The van der Waals surface area contributed by atoms with Crippen LogP contribution in [-0.4, -0.2) is 9.97 Å². The lowest BCUT2D eigenvalue weighted by molar-refractivity contribution is -0.141. The molecular formula is C11H8F3N3. The number of rotatable bonds is 2. The topological polar surface area (TPSA) is 37.8 Å². The second kappa shape index (κ2) is 4.40. The van der Waals surface area contributed by atoms with Crippen LogP contribution in [0.25, 0.3) is 0 Å². The van der Waals surface area contributed by atoms with Crippen molar-refractivity contribution in [1.29, 1.82) is 0 Å². The fraction of sp³-hybridized carbons (Fsp3) is 0.0909. The molecule has 2 rings (SSSR count). The Morgan fingerprint density at radius 3 is 2.35 bits per heavy atom. The van der Waals surface area contributed by atoms with Crippen LogP contribution >= 0.6 is 0 Å². The standard InChI is InChI=1S/C11H8F3N3/c12-11(13,14)9-2-1-3-10(17-9)16-8-4-6-15-7-5-8/h1-7H,(H,15,16,17). The summed E-state index contributed by atoms with van der Waals surface area (Å²) in [6.45, 7) is 0. The molecular weight excluding hydrogens is 231 g/mol. The van der Waals surface area contributed by atoms with Gasteiger partial charge in [0.15, 0.2) is 0 Å². The molecule has 0 aliphatic heterocycles. The van der Waals surface area contributed by atoms with Crippen LogP contribution in [0, 0.1) is 0 Å². The third-order valence-corrected chi connectivity index (χ3v) is 1.99. The van der Waals surface area contributed by atoms with Crippen LogP contribution in [0.2, 0.25) is 0 Å². The minimum Gasteiger partial charge on any atom is -0.340 e. The minimum atomic E-state index is -4.43. The van der Waals surface area contributed by atoms with E-state index in [0.29, 0.717) is 5.69 Å². The number of pyridine rings is 2. The van der Waals surface area contributed by atoms with Crippen molar-refractivity contribution in [3.8, 4) is 0 Å². The fourth-order valence-electron chi connectivity index (χ4n) is 1.25. The van der Waals surface area contributed by atoms with E-state index in [0.717, 1.165) is 6.07 Å². The van der Waals surface area contributed by atoms with Crippen molar-refractivity contribution in [3.05, 3.63) is 48.4 Å². The molecule has 6 heteroatoms. The first-order valence-electron chi connectivity index (χ1n) is 4.77. The highest BCUT2D eigenvalue weighted by atomic mass is 19.4. The average Bonchev–Trinajstić information content (AvgIpc) is 2.29. The van der Waals surface area contributed by atoms with Crippen molar-refractivity contribution < 1.29 is 13.2 Å². The number of halogens is 3. The number of alkyl halides is 3. The third-order valence-electron chi connectivity index (χ3n) is 1.99. The summed E-state index contributed by atoms with van der Waals surface area (Å²) >= 11 is 0. The molecule has 2 heterocycles. The van der Waals surface area contributed by atoms with Gasteiger partial charge in [0.1, 0.15) is 11.5 Å². The Labute approximate surface area is 95.3 Å². The Morgan fingerprint density at radius 1 is 1.00 bits per heavy atom. The van der Waals surface area contributed by atoms with Crippen LogP contribution in [0.1, 0.15) is 5.69 Å². The molecule has 0 atom stereocenters. The van der Waals surface area contributed by atoms with Gasteiger partial charge in [-0.2, -0.15) is 13.2 Å². The molecule has 0 fully saturated rings. The van der Waals surface area contributed by atoms with E-state index < -0.39 is 11.9 Å². The monoisotopic (exact) mass is 239 g/mol. The number of hydrogen-bond donors (Lipinski definition) is 1. The first kappa shape index (κ1) is 11.4. The van der Waals surface area contributed by atoms with Gasteiger partial charge in [-0.25, -0.2) is 4.98 Å². The SMILES string of the molecule is FC(F)(F)c1cccc(Nc2ccncc2)n1. The highest BCUT2D eigenvalue weighted by Crippen LogP contribution is 2.28. The van der Waals surface area contributed by atoms with E-state index in [1.807, 2.05) is 0 Å². The second-order valence-electron chi connectivity index (χ2n) is 3.27. The molecule has 88 valence electrons. The number of nitrogens with zero attached hydrogens (tertiary/aromatic N) is 2. The van der Waals surface area contributed by atoms with Crippen LogP contribution in [-0.2, 0) is 6.18 Å². The van der Waals surface area contributed by atoms with Crippen LogP contribution in [0.15, 0.2) is 42.7 Å². The normalized spacial score (nSPS) is 11.2. The fourth-order valence-corrected chi connectivity index (χ4v) is 1.25. The van der Waals surface area contributed by atoms with Crippen molar-refractivity contribution >= 4 is 11.5 Å². The lowest BCUT2D eigenvalue weighted by Crippen LogP contribution is -2.08. The molecule has 0 radical (unpaired) electrons. The van der Waals surface area contributed by atoms with Gasteiger partial charge in [0.05, 0.1) is 0 Å². The number of anilines is 2. The summed E-state index contributed by atoms with van der Waals surface area (Å²) in [5.74, 6) is 0.144. The second-order valence-corrected chi connectivity index (χ2v) is 3.27. The summed E-state index contributed by atoms with van der Waals surface area (Å²) in [5, 5.41) is 2.77. The molecule has 0 spiro atoms. The third kappa shape index (κ3) is 2.93. The molecule has 2 aromatic rings. The van der Waals surface area contributed by atoms with Gasteiger partial charge >= 0.3 is 6.18 Å². The summed E-state index contributed by atoms with van der Waals surface area (Å²) in [4.78, 5) is 7.29. The Morgan fingerprint density at radius 2 is 1.71 bits per heavy atom. The summed E-state index contributed by atoms with van der Waals surface area (Å²) < 4.78 is 37.2. The lowest BCUT2D eigenvalue weighted by Gasteiger charge is -2.09. The molecule has 3 nitrogen and oxygen atoms in total. The van der Waals surface area contributed by atoms with E-state index in [-0.39, 0.29) is 5.82 Å². The smallest absolute Gasteiger partial charge is 0.340 e. The maximum Gasteiger partial charge on any atom is 0.433 e. The summed E-state index contributed by atoms with van der Waals surface area (Å²) in [7, 11) is 0. The highest BCUT2D eigenvalue weighted by molar-refractivity contribution is 5.55. The largest absolute Gasteiger partial charge is 0.433 e. The molecule has 17 heavy (non-hydrogen) atoms. The zero-order valence-electron chi connectivity index (χ0n) is 8.57. The Hall–Kier alpha value is -2.11. The van der Waals surface area contributed by atoms with Crippen LogP contribution < -0.4 is 5.32 Å². The first-order valence-corrected chi connectivity index (χ1v) is 4.77. The Kier molecular flexibility index (Phi) is 2.95. The summed E-state index contributed by atoms with van der Waals surface area (Å²) in [5.41, 5.74) is -0.289.